The molecule has 1 amide bonds. The monoisotopic (exact) mass is 471 g/mol. The number of aliphatic hydroxyl groups is 1. The molecule has 1 unspecified atom stereocenters. The van der Waals surface area contributed by atoms with Crippen LogP contribution in [0.2, 0.25) is 0 Å². The van der Waals surface area contributed by atoms with Crippen LogP contribution in [0.3, 0.4) is 0 Å². The molecule has 1 aromatic carbocycles. The Balaban J connectivity index is 1.86. The van der Waals surface area contributed by atoms with E-state index in [1.54, 1.807) is 25.3 Å². The van der Waals surface area contributed by atoms with E-state index in [4.69, 9.17) is 10.5 Å². The zero-order valence-electron chi connectivity index (χ0n) is 19.5. The molecule has 1 aliphatic carbocycles. The van der Waals surface area contributed by atoms with Gasteiger partial charge in [0.2, 0.25) is 6.17 Å². The molecule has 182 valence electrons. The molecule has 1 aromatic heterocycles. The van der Waals surface area contributed by atoms with Crippen LogP contribution in [0.1, 0.15) is 67.4 Å². The number of rotatable bonds is 8. The zero-order chi connectivity index (χ0) is 24.9. The smallest absolute Gasteiger partial charge is 0.325 e. The van der Waals surface area contributed by atoms with Crippen molar-refractivity contribution in [3.05, 3.63) is 59.9 Å². The number of hydrogen-bond donors (Lipinski definition) is 4. The lowest BCUT2D eigenvalue weighted by atomic mass is 9.84. The van der Waals surface area contributed by atoms with Gasteiger partial charge in [0, 0.05) is 40.4 Å². The Morgan fingerprint density at radius 2 is 2.15 bits per heavy atom. The average molecular weight is 472 g/mol. The van der Waals surface area contributed by atoms with E-state index in [0.29, 0.717) is 46.9 Å². The van der Waals surface area contributed by atoms with Crippen molar-refractivity contribution < 1.29 is 29.0 Å². The maximum Gasteiger partial charge on any atom is 0.325 e. The Morgan fingerprint density at radius 1 is 1.44 bits per heavy atom. The molecule has 0 radical (unpaired) electrons. The van der Waals surface area contributed by atoms with E-state index in [0.717, 1.165) is 18.9 Å². The summed E-state index contributed by atoms with van der Waals surface area (Å²) in [6.45, 7) is 7.36. The quantitative estimate of drug-likeness (QED) is 0.154. The van der Waals surface area contributed by atoms with Crippen molar-refractivity contribution in [2.45, 2.75) is 57.3 Å². The van der Waals surface area contributed by atoms with Crippen LogP contribution >= 0.6 is 0 Å². The topological polar surface area (TPSA) is 121 Å². The molecule has 0 saturated heterocycles. The van der Waals surface area contributed by atoms with E-state index in [2.05, 4.69) is 16.9 Å². The number of benzene rings is 1. The number of allylic oxidation sites excluding steroid dienone is 1. The maximum atomic E-state index is 14.0. The summed E-state index contributed by atoms with van der Waals surface area (Å²) in [6.07, 6.45) is 3.96. The number of amides is 1. The molecule has 34 heavy (non-hydrogen) atoms. The minimum atomic E-state index is -1.64. The van der Waals surface area contributed by atoms with Crippen LogP contribution in [-0.4, -0.2) is 40.7 Å². The first-order valence-corrected chi connectivity index (χ1v) is 11.3. The number of aliphatic imine (C=N–C) groups is 1. The number of nitrogen functional groups attached to an aromatic ring is 1. The SMILES string of the molecule is C=CC(F)c1cccc(C(=O)Nc2cc(C=NC3CCC(C)(O)CC3)c(N)cc2OCC)[n+]1O. The van der Waals surface area contributed by atoms with Gasteiger partial charge in [-0.3, -0.25) is 15.0 Å². The second-order valence-corrected chi connectivity index (χ2v) is 8.66. The number of pyridine rings is 1. The molecule has 2 aromatic rings. The number of nitrogens with two attached hydrogens (primary N) is 1. The summed E-state index contributed by atoms with van der Waals surface area (Å²) in [7, 11) is 0. The van der Waals surface area contributed by atoms with Crippen LogP contribution in [0.15, 0.2) is 48.0 Å². The predicted octanol–water partition coefficient (Wildman–Crippen LogP) is 3.75. The second kappa shape index (κ2) is 10.6. The maximum absolute atomic E-state index is 14.0. The fraction of sp³-hybridized carbons (Fsp3) is 0.400. The molecule has 9 heteroatoms. The van der Waals surface area contributed by atoms with Crippen LogP contribution in [0.4, 0.5) is 15.8 Å². The van der Waals surface area contributed by atoms with Gasteiger partial charge in [0.05, 0.1) is 23.9 Å². The van der Waals surface area contributed by atoms with Crippen molar-refractivity contribution in [1.82, 2.24) is 0 Å². The third-order valence-electron chi connectivity index (χ3n) is 5.91. The minimum Gasteiger partial charge on any atom is -0.492 e. The lowest BCUT2D eigenvalue weighted by molar-refractivity contribution is -0.911. The summed E-state index contributed by atoms with van der Waals surface area (Å²) in [5.41, 5.74) is 6.63. The molecular formula is C25H32FN4O4+. The van der Waals surface area contributed by atoms with E-state index in [1.165, 1.54) is 18.2 Å². The molecule has 0 spiro atoms. The van der Waals surface area contributed by atoms with Crippen LogP contribution in [-0.2, 0) is 0 Å². The fourth-order valence-corrected chi connectivity index (χ4v) is 3.86. The number of carbonyl (C=O) groups excluding carboxylic acids is 1. The van der Waals surface area contributed by atoms with Crippen LogP contribution in [0.5, 0.6) is 5.75 Å². The molecule has 1 atom stereocenters. The van der Waals surface area contributed by atoms with Crippen molar-refractivity contribution in [3.8, 4) is 5.75 Å². The second-order valence-electron chi connectivity index (χ2n) is 8.66. The normalized spacial score (nSPS) is 21.2. The van der Waals surface area contributed by atoms with Gasteiger partial charge >= 0.3 is 11.6 Å². The fourth-order valence-electron chi connectivity index (χ4n) is 3.86. The summed E-state index contributed by atoms with van der Waals surface area (Å²) in [5.74, 6) is -0.307. The van der Waals surface area contributed by atoms with Crippen LogP contribution in [0, 0.1) is 0 Å². The molecular weight excluding hydrogens is 439 g/mol. The van der Waals surface area contributed by atoms with Crippen molar-refractivity contribution in [3.63, 3.8) is 0 Å². The van der Waals surface area contributed by atoms with Gasteiger partial charge in [0.15, 0.2) is 0 Å². The Labute approximate surface area is 198 Å². The lowest BCUT2D eigenvalue weighted by Gasteiger charge is -2.31. The number of nitrogens with one attached hydrogen (secondary N) is 1. The van der Waals surface area contributed by atoms with E-state index >= 15 is 0 Å². The Morgan fingerprint density at radius 3 is 2.79 bits per heavy atom. The molecule has 8 nitrogen and oxygen atoms in total. The summed E-state index contributed by atoms with van der Waals surface area (Å²) in [6, 6.07) is 7.53. The first kappa shape index (κ1) is 25.2. The summed E-state index contributed by atoms with van der Waals surface area (Å²) in [4.78, 5) is 17.6. The van der Waals surface area contributed by atoms with Crippen LogP contribution < -0.4 is 20.5 Å². The molecule has 1 aliphatic rings. The van der Waals surface area contributed by atoms with E-state index in [-0.39, 0.29) is 17.4 Å². The third-order valence-corrected chi connectivity index (χ3v) is 5.91. The largest absolute Gasteiger partial charge is 0.492 e. The van der Waals surface area contributed by atoms with Gasteiger partial charge in [-0.05, 0) is 57.7 Å². The molecule has 0 bridgehead atoms. The van der Waals surface area contributed by atoms with Gasteiger partial charge in [-0.2, -0.15) is 0 Å². The number of carbonyl (C=O) groups is 1. The van der Waals surface area contributed by atoms with Gasteiger partial charge in [-0.15, -0.1) is 0 Å². The van der Waals surface area contributed by atoms with Gasteiger partial charge in [0.1, 0.15) is 5.75 Å². The Hall–Kier alpha value is -3.46. The average Bonchev–Trinajstić information content (AvgIpc) is 2.80. The number of anilines is 2. The van der Waals surface area contributed by atoms with E-state index in [1.807, 2.05) is 6.92 Å². The highest BCUT2D eigenvalue weighted by atomic mass is 19.1. The Bertz CT molecular complexity index is 1080. The standard InChI is InChI=1S/C25H31FN4O4/c1-4-18(26)21-7-6-8-22(30(21)33)24(31)29-20-13-16(19(27)14-23(20)34-5-2)15-28-17-9-11-25(3,32)12-10-17/h4,6-8,13-15,17-18,27,31-33H,1,5,9-12H2,2-3H3/p+1. The molecule has 1 fully saturated rings. The number of hydrogen-bond acceptors (Lipinski definition) is 6. The first-order chi connectivity index (χ1) is 16.1. The van der Waals surface area contributed by atoms with E-state index < -0.39 is 17.7 Å². The van der Waals surface area contributed by atoms with Gasteiger partial charge in [-0.25, -0.2) is 4.39 Å². The van der Waals surface area contributed by atoms with Crippen molar-refractivity contribution >= 4 is 23.5 Å². The highest BCUT2D eigenvalue weighted by molar-refractivity contribution is 6.04. The molecule has 3 rings (SSSR count). The lowest BCUT2D eigenvalue weighted by Crippen LogP contribution is -2.43. The predicted molar refractivity (Wildman–Crippen MR) is 128 cm³/mol. The minimum absolute atomic E-state index is 0.0822. The van der Waals surface area contributed by atoms with Gasteiger partial charge in [0.25, 0.3) is 5.69 Å². The molecule has 1 saturated carbocycles. The Kier molecular flexibility index (Phi) is 7.88. The summed E-state index contributed by atoms with van der Waals surface area (Å²) >= 11 is 0. The number of nitrogens with zero attached hydrogens (tertiary/aromatic N) is 2. The highest BCUT2D eigenvalue weighted by Gasteiger charge is 2.29. The first-order valence-electron chi connectivity index (χ1n) is 11.3. The summed E-state index contributed by atoms with van der Waals surface area (Å²) < 4.78 is 20.2. The van der Waals surface area contributed by atoms with Gasteiger partial charge < -0.3 is 20.9 Å². The van der Waals surface area contributed by atoms with Crippen molar-refractivity contribution in [2.75, 3.05) is 17.7 Å². The number of ether oxygens (including phenoxy) is 1. The van der Waals surface area contributed by atoms with Crippen molar-refractivity contribution in [1.29, 1.82) is 0 Å². The molecule has 5 N–H and O–H groups in total. The van der Waals surface area contributed by atoms with Crippen molar-refractivity contribution in [2.24, 2.45) is 4.99 Å². The summed E-state index contributed by atoms with van der Waals surface area (Å²) in [5, 5.41) is 23.2. The number of alkyl halides is 1. The highest BCUT2D eigenvalue weighted by Crippen LogP contribution is 2.32. The molecule has 0 aliphatic heterocycles. The third kappa shape index (κ3) is 5.91. The molecule has 1 heterocycles. The van der Waals surface area contributed by atoms with E-state index in [9.17, 15) is 19.5 Å². The zero-order valence-corrected chi connectivity index (χ0v) is 19.5. The van der Waals surface area contributed by atoms with Crippen LogP contribution in [0.25, 0.3) is 0 Å². The van der Waals surface area contributed by atoms with Gasteiger partial charge in [-0.1, -0.05) is 6.58 Å². The number of aromatic nitrogens is 1. The number of halogens is 1.